The lowest BCUT2D eigenvalue weighted by atomic mass is 10.2. The Labute approximate surface area is 210 Å². The minimum Gasteiger partial charge on any atom is -0.380 e. The van der Waals surface area contributed by atoms with Gasteiger partial charge in [0.15, 0.2) is 10.6 Å². The number of nitrogens with zero attached hydrogens (tertiary/aromatic N) is 2. The lowest BCUT2D eigenvalue weighted by molar-refractivity contribution is 0.0996. The first-order valence-corrected chi connectivity index (χ1v) is 13.3. The van der Waals surface area contributed by atoms with Gasteiger partial charge in [-0.3, -0.25) is 9.52 Å². The highest BCUT2D eigenvalue weighted by atomic mass is 32.2. The maximum Gasteiger partial charge on any atom is 0.279 e. The quantitative estimate of drug-likeness (QED) is 0.329. The van der Waals surface area contributed by atoms with Gasteiger partial charge >= 0.3 is 0 Å². The number of carbonyl (C=O) groups excluding carboxylic acids is 1. The average Bonchev–Trinajstić information content (AvgIpc) is 3.16. The summed E-state index contributed by atoms with van der Waals surface area (Å²) >= 11 is 0.974. The Morgan fingerprint density at radius 1 is 1.11 bits per heavy atom. The van der Waals surface area contributed by atoms with Crippen LogP contribution in [0.3, 0.4) is 0 Å². The molecule has 0 spiro atoms. The number of ether oxygens (including phenoxy) is 1. The molecule has 1 heterocycles. The molecule has 1 aromatic heterocycles. The van der Waals surface area contributed by atoms with Crippen LogP contribution in [0.15, 0.2) is 70.6 Å². The third kappa shape index (κ3) is 5.69. The van der Waals surface area contributed by atoms with Crippen molar-refractivity contribution in [2.75, 3.05) is 17.9 Å². The monoisotopic (exact) mass is 531 g/mol. The number of halogens is 2. The molecule has 1 amide bonds. The first-order valence-electron chi connectivity index (χ1n) is 11.0. The molecule has 0 aliphatic carbocycles. The van der Waals surface area contributed by atoms with E-state index in [1.165, 1.54) is 47.0 Å². The van der Waals surface area contributed by atoms with E-state index in [1.807, 2.05) is 13.8 Å². The highest BCUT2D eigenvalue weighted by Gasteiger charge is 2.17. The van der Waals surface area contributed by atoms with Crippen molar-refractivity contribution >= 4 is 43.2 Å². The minimum absolute atomic E-state index is 0.0874. The van der Waals surface area contributed by atoms with E-state index in [1.54, 1.807) is 12.1 Å². The molecule has 188 valence electrons. The molecule has 0 atom stereocenters. The molecule has 1 N–H and O–H groups in total. The first-order chi connectivity index (χ1) is 17.2. The molecule has 11 heteroatoms. The highest BCUT2D eigenvalue weighted by Crippen LogP contribution is 2.23. The summed E-state index contributed by atoms with van der Waals surface area (Å²) in [5.41, 5.74) is 1.36. The highest BCUT2D eigenvalue weighted by molar-refractivity contribution is 7.92. The van der Waals surface area contributed by atoms with Gasteiger partial charge in [0, 0.05) is 30.5 Å². The number of amides is 1. The second-order valence-corrected chi connectivity index (χ2v) is 10.6. The van der Waals surface area contributed by atoms with Crippen LogP contribution in [0.5, 0.6) is 0 Å². The van der Waals surface area contributed by atoms with Crippen molar-refractivity contribution in [2.45, 2.75) is 25.3 Å². The second-order valence-electron chi connectivity index (χ2n) is 7.88. The summed E-state index contributed by atoms with van der Waals surface area (Å²) in [5.74, 6) is -2.16. The lowest BCUT2D eigenvalue weighted by Crippen LogP contribution is -2.20. The molecule has 0 aliphatic heterocycles. The van der Waals surface area contributed by atoms with E-state index >= 15 is 0 Å². The van der Waals surface area contributed by atoms with Crippen LogP contribution in [-0.4, -0.2) is 32.1 Å². The molecular weight excluding hydrogens is 508 g/mol. The van der Waals surface area contributed by atoms with Gasteiger partial charge in [0.05, 0.1) is 21.7 Å². The zero-order valence-electron chi connectivity index (χ0n) is 19.5. The van der Waals surface area contributed by atoms with Gasteiger partial charge in [-0.1, -0.05) is 35.1 Å². The molecule has 0 saturated heterocycles. The molecule has 7 nitrogen and oxygen atoms in total. The number of thiazole rings is 1. The van der Waals surface area contributed by atoms with Crippen molar-refractivity contribution in [3.05, 3.63) is 88.2 Å². The number of anilines is 1. The van der Waals surface area contributed by atoms with Gasteiger partial charge in [0.2, 0.25) is 0 Å². The maximum atomic E-state index is 14.6. The average molecular weight is 532 g/mol. The lowest BCUT2D eigenvalue weighted by Gasteiger charge is -2.09. The predicted octanol–water partition coefficient (Wildman–Crippen LogP) is 4.87. The Morgan fingerprint density at radius 3 is 2.58 bits per heavy atom. The van der Waals surface area contributed by atoms with Crippen LogP contribution in [0, 0.1) is 18.6 Å². The van der Waals surface area contributed by atoms with E-state index in [0.717, 1.165) is 23.0 Å². The summed E-state index contributed by atoms with van der Waals surface area (Å²) in [7, 11) is -3.86. The van der Waals surface area contributed by atoms with Gasteiger partial charge in [-0.15, -0.1) is 0 Å². The summed E-state index contributed by atoms with van der Waals surface area (Å²) in [4.78, 5) is 17.4. The predicted molar refractivity (Wildman–Crippen MR) is 135 cm³/mol. The molecule has 0 saturated carbocycles. The fourth-order valence-corrected chi connectivity index (χ4v) is 5.66. The molecule has 0 bridgehead atoms. The number of aromatic nitrogens is 1. The smallest absolute Gasteiger partial charge is 0.279 e. The zero-order chi connectivity index (χ0) is 25.9. The number of carbonyl (C=O) groups is 1. The fourth-order valence-electron chi connectivity index (χ4n) is 3.52. The Hall–Kier alpha value is -3.41. The number of hydrogen-bond acceptors (Lipinski definition) is 5. The third-order valence-corrected chi connectivity index (χ3v) is 7.67. The molecular formula is C25H23F2N3O4S2. The SMILES string of the molecule is CCOCCn1c(=NC(=O)c2cccc(NS(=O)(=O)c3ccc(C)cc3)c2)sc2cc(F)cc(F)c21. The van der Waals surface area contributed by atoms with Gasteiger partial charge in [-0.25, -0.2) is 17.2 Å². The number of benzene rings is 3. The van der Waals surface area contributed by atoms with Gasteiger partial charge in [0.1, 0.15) is 5.82 Å². The van der Waals surface area contributed by atoms with Crippen LogP contribution in [-0.2, 0) is 21.3 Å². The van der Waals surface area contributed by atoms with Crippen molar-refractivity contribution in [2.24, 2.45) is 4.99 Å². The largest absolute Gasteiger partial charge is 0.380 e. The van der Waals surface area contributed by atoms with E-state index in [9.17, 15) is 22.0 Å². The summed E-state index contributed by atoms with van der Waals surface area (Å²) < 4.78 is 63.4. The number of rotatable bonds is 8. The van der Waals surface area contributed by atoms with Crippen molar-refractivity contribution in [1.29, 1.82) is 0 Å². The Balaban J connectivity index is 1.68. The van der Waals surface area contributed by atoms with Gasteiger partial charge < -0.3 is 9.30 Å². The van der Waals surface area contributed by atoms with E-state index in [2.05, 4.69) is 9.71 Å². The fraction of sp³-hybridized carbons (Fsp3) is 0.200. The topological polar surface area (TPSA) is 89.8 Å². The van der Waals surface area contributed by atoms with E-state index in [0.29, 0.717) is 11.3 Å². The Bertz CT molecular complexity index is 1590. The molecule has 3 aromatic carbocycles. The molecule has 4 rings (SSSR count). The number of fused-ring (bicyclic) bond motifs is 1. The molecule has 0 aliphatic rings. The summed E-state index contributed by atoms with van der Waals surface area (Å²) in [6, 6.07) is 14.2. The minimum atomic E-state index is -3.86. The number of aryl methyl sites for hydroxylation is 1. The van der Waals surface area contributed by atoms with Gasteiger partial charge in [-0.2, -0.15) is 4.99 Å². The molecule has 0 radical (unpaired) electrons. The standard InChI is InChI=1S/C25H23F2N3O4S2/c1-3-34-12-11-30-23-21(27)14-18(26)15-22(23)35-25(30)28-24(31)17-5-4-6-19(13-17)29-36(32,33)20-9-7-16(2)8-10-20/h4-10,13-15,29H,3,11-12H2,1-2H3. The van der Waals surface area contributed by atoms with Gasteiger partial charge in [0.25, 0.3) is 15.9 Å². The summed E-state index contributed by atoms with van der Waals surface area (Å²) in [6.07, 6.45) is 0. The van der Waals surface area contributed by atoms with Crippen molar-refractivity contribution < 1.29 is 26.7 Å². The van der Waals surface area contributed by atoms with Crippen LogP contribution in [0.2, 0.25) is 0 Å². The second kappa shape index (κ2) is 10.7. The van der Waals surface area contributed by atoms with Crippen LogP contribution >= 0.6 is 11.3 Å². The third-order valence-electron chi connectivity index (χ3n) is 5.25. The molecule has 36 heavy (non-hydrogen) atoms. The van der Waals surface area contributed by atoms with E-state index in [-0.39, 0.29) is 39.6 Å². The Morgan fingerprint density at radius 2 is 1.86 bits per heavy atom. The van der Waals surface area contributed by atoms with Crippen LogP contribution in [0.1, 0.15) is 22.8 Å². The number of hydrogen-bond donors (Lipinski definition) is 1. The molecule has 4 aromatic rings. The van der Waals surface area contributed by atoms with Crippen LogP contribution in [0.4, 0.5) is 14.5 Å². The Kier molecular flexibility index (Phi) is 7.62. The van der Waals surface area contributed by atoms with Crippen molar-refractivity contribution in [1.82, 2.24) is 4.57 Å². The van der Waals surface area contributed by atoms with Crippen molar-refractivity contribution in [3.8, 4) is 0 Å². The normalized spacial score (nSPS) is 12.3. The van der Waals surface area contributed by atoms with Gasteiger partial charge in [-0.05, 0) is 50.2 Å². The number of nitrogens with one attached hydrogen (secondary N) is 1. The van der Waals surface area contributed by atoms with Crippen LogP contribution in [0.25, 0.3) is 10.2 Å². The maximum absolute atomic E-state index is 14.6. The summed E-state index contributed by atoms with van der Waals surface area (Å²) in [6.45, 7) is 4.58. The molecule has 0 fully saturated rings. The zero-order valence-corrected chi connectivity index (χ0v) is 21.1. The first kappa shape index (κ1) is 25.7. The van der Waals surface area contributed by atoms with Crippen molar-refractivity contribution in [3.63, 3.8) is 0 Å². The van der Waals surface area contributed by atoms with E-state index in [4.69, 9.17) is 4.74 Å². The summed E-state index contributed by atoms with van der Waals surface area (Å²) in [5, 5.41) is 0. The molecule has 0 unspecified atom stereocenters. The number of sulfonamides is 1. The van der Waals surface area contributed by atoms with Crippen LogP contribution < -0.4 is 9.52 Å². The van der Waals surface area contributed by atoms with E-state index < -0.39 is 27.6 Å².